The summed E-state index contributed by atoms with van der Waals surface area (Å²) in [5.74, 6) is 0.490. The second-order valence-electron chi connectivity index (χ2n) is 3.65. The van der Waals surface area contributed by atoms with Crippen molar-refractivity contribution in [1.82, 2.24) is 9.97 Å². The van der Waals surface area contributed by atoms with Crippen LogP contribution in [0.1, 0.15) is 13.8 Å². The zero-order chi connectivity index (χ0) is 9.73. The third kappa shape index (κ3) is 3.38. The van der Waals surface area contributed by atoms with Crippen molar-refractivity contribution in [3.63, 3.8) is 0 Å². The van der Waals surface area contributed by atoms with Crippen LogP contribution in [0.3, 0.4) is 0 Å². The molecular formula is C9H14N2O2. The van der Waals surface area contributed by atoms with Crippen molar-refractivity contribution in [2.24, 2.45) is 5.41 Å². The molecule has 0 aliphatic heterocycles. The fourth-order valence-electron chi connectivity index (χ4n) is 0.675. The minimum absolute atomic E-state index is 0.0905. The second kappa shape index (κ2) is 4.18. The van der Waals surface area contributed by atoms with Gasteiger partial charge in [-0.2, -0.15) is 0 Å². The highest BCUT2D eigenvalue weighted by Gasteiger charge is 2.17. The van der Waals surface area contributed by atoms with Crippen LogP contribution in [0.5, 0.6) is 5.88 Å². The molecule has 1 heterocycles. The molecule has 0 aliphatic carbocycles. The van der Waals surface area contributed by atoms with Crippen molar-refractivity contribution in [2.75, 3.05) is 13.2 Å². The summed E-state index contributed by atoms with van der Waals surface area (Å²) in [5.41, 5.74) is -0.239. The minimum atomic E-state index is -0.239. The summed E-state index contributed by atoms with van der Waals surface area (Å²) >= 11 is 0. The van der Waals surface area contributed by atoms with Crippen LogP contribution in [0.15, 0.2) is 18.6 Å². The Balaban J connectivity index is 2.44. The van der Waals surface area contributed by atoms with Gasteiger partial charge in [-0.05, 0) is 0 Å². The van der Waals surface area contributed by atoms with Crippen LogP contribution >= 0.6 is 0 Å². The molecule has 0 radical (unpaired) electrons. The van der Waals surface area contributed by atoms with Crippen molar-refractivity contribution in [3.05, 3.63) is 18.6 Å². The Labute approximate surface area is 77.6 Å². The van der Waals surface area contributed by atoms with E-state index in [-0.39, 0.29) is 12.0 Å². The van der Waals surface area contributed by atoms with Crippen LogP contribution in [0, 0.1) is 5.41 Å². The number of hydrogen-bond donors (Lipinski definition) is 1. The molecule has 13 heavy (non-hydrogen) atoms. The van der Waals surface area contributed by atoms with Crippen molar-refractivity contribution in [2.45, 2.75) is 13.8 Å². The Morgan fingerprint density at radius 3 is 2.77 bits per heavy atom. The van der Waals surface area contributed by atoms with Crippen LogP contribution in [0.4, 0.5) is 0 Å². The van der Waals surface area contributed by atoms with Gasteiger partial charge in [-0.15, -0.1) is 0 Å². The molecule has 0 bridgehead atoms. The van der Waals surface area contributed by atoms with Crippen LogP contribution in [0.2, 0.25) is 0 Å². The molecule has 0 unspecified atom stereocenters. The Bertz CT molecular complexity index is 249. The first-order valence-electron chi connectivity index (χ1n) is 4.14. The van der Waals surface area contributed by atoms with Gasteiger partial charge in [0.25, 0.3) is 0 Å². The smallest absolute Gasteiger partial charge is 0.232 e. The van der Waals surface area contributed by atoms with Crippen molar-refractivity contribution >= 4 is 0 Å². The lowest BCUT2D eigenvalue weighted by Gasteiger charge is -2.20. The van der Waals surface area contributed by atoms with E-state index in [0.717, 1.165) is 0 Å². The highest BCUT2D eigenvalue weighted by molar-refractivity contribution is 5.01. The molecule has 0 amide bonds. The van der Waals surface area contributed by atoms with E-state index in [1.54, 1.807) is 18.6 Å². The summed E-state index contributed by atoms with van der Waals surface area (Å²) in [6.07, 6.45) is 4.71. The lowest BCUT2D eigenvalue weighted by atomic mass is 9.97. The van der Waals surface area contributed by atoms with E-state index in [9.17, 15) is 0 Å². The zero-order valence-electron chi connectivity index (χ0n) is 7.90. The van der Waals surface area contributed by atoms with Crippen molar-refractivity contribution < 1.29 is 9.84 Å². The molecule has 1 aromatic rings. The zero-order valence-corrected chi connectivity index (χ0v) is 7.90. The average Bonchev–Trinajstić information content (AvgIpc) is 2.17. The second-order valence-corrected chi connectivity index (χ2v) is 3.65. The molecule has 0 aliphatic rings. The Morgan fingerprint density at radius 1 is 1.46 bits per heavy atom. The molecule has 1 aromatic heterocycles. The number of hydrogen-bond acceptors (Lipinski definition) is 4. The molecule has 72 valence electrons. The van der Waals surface area contributed by atoms with Gasteiger partial charge in [0.2, 0.25) is 5.88 Å². The fraction of sp³-hybridized carbons (Fsp3) is 0.556. The Hall–Kier alpha value is -1.16. The number of rotatable bonds is 4. The van der Waals surface area contributed by atoms with Gasteiger partial charge in [-0.3, -0.25) is 4.98 Å². The van der Waals surface area contributed by atoms with Crippen LogP contribution in [-0.4, -0.2) is 28.3 Å². The molecule has 4 heteroatoms. The van der Waals surface area contributed by atoms with E-state index in [4.69, 9.17) is 9.84 Å². The molecule has 0 aromatic carbocycles. The number of aliphatic hydroxyl groups excluding tert-OH is 1. The highest BCUT2D eigenvalue weighted by atomic mass is 16.5. The SMILES string of the molecule is CC(C)(CO)COc1cnccn1. The van der Waals surface area contributed by atoms with Gasteiger partial charge in [0.1, 0.15) is 0 Å². The number of aromatic nitrogens is 2. The summed E-state index contributed by atoms with van der Waals surface area (Å²) in [6.45, 7) is 4.36. The molecule has 0 spiro atoms. The van der Waals surface area contributed by atoms with Gasteiger partial charge in [0.05, 0.1) is 19.4 Å². The van der Waals surface area contributed by atoms with E-state index in [0.29, 0.717) is 12.5 Å². The minimum Gasteiger partial charge on any atom is -0.476 e. The number of nitrogens with zero attached hydrogens (tertiary/aromatic N) is 2. The van der Waals surface area contributed by atoms with Crippen molar-refractivity contribution in [3.8, 4) is 5.88 Å². The quantitative estimate of drug-likeness (QED) is 0.750. The molecule has 1 N–H and O–H groups in total. The van der Waals surface area contributed by atoms with Gasteiger partial charge in [-0.25, -0.2) is 4.98 Å². The molecule has 0 fully saturated rings. The predicted molar refractivity (Wildman–Crippen MR) is 48.4 cm³/mol. The summed E-state index contributed by atoms with van der Waals surface area (Å²) in [6, 6.07) is 0. The van der Waals surface area contributed by atoms with E-state index in [2.05, 4.69) is 9.97 Å². The van der Waals surface area contributed by atoms with Crippen LogP contribution in [0.25, 0.3) is 0 Å². The van der Waals surface area contributed by atoms with Gasteiger partial charge >= 0.3 is 0 Å². The third-order valence-corrected chi connectivity index (χ3v) is 1.58. The van der Waals surface area contributed by atoms with Crippen LogP contribution in [-0.2, 0) is 0 Å². The third-order valence-electron chi connectivity index (χ3n) is 1.58. The van der Waals surface area contributed by atoms with Gasteiger partial charge in [0, 0.05) is 17.8 Å². The Morgan fingerprint density at radius 2 is 2.23 bits per heavy atom. The van der Waals surface area contributed by atoms with E-state index >= 15 is 0 Å². The predicted octanol–water partition coefficient (Wildman–Crippen LogP) is 0.874. The van der Waals surface area contributed by atoms with Crippen LogP contribution < -0.4 is 4.74 Å². The fourth-order valence-corrected chi connectivity index (χ4v) is 0.675. The first kappa shape index (κ1) is 9.92. The lowest BCUT2D eigenvalue weighted by Crippen LogP contribution is -2.25. The molecular weight excluding hydrogens is 168 g/mol. The lowest BCUT2D eigenvalue weighted by molar-refractivity contribution is 0.0949. The average molecular weight is 182 g/mol. The normalized spacial score (nSPS) is 11.3. The summed E-state index contributed by atoms with van der Waals surface area (Å²) < 4.78 is 5.33. The standard InChI is InChI=1S/C9H14N2O2/c1-9(2,6-12)7-13-8-5-10-3-4-11-8/h3-5,12H,6-7H2,1-2H3. The van der Waals surface area contributed by atoms with E-state index in [1.807, 2.05) is 13.8 Å². The Kier molecular flexibility index (Phi) is 3.19. The molecule has 4 nitrogen and oxygen atoms in total. The summed E-state index contributed by atoms with van der Waals surface area (Å²) in [5, 5.41) is 8.96. The van der Waals surface area contributed by atoms with Gasteiger partial charge in [0.15, 0.2) is 0 Å². The number of aliphatic hydroxyl groups is 1. The van der Waals surface area contributed by atoms with Crippen molar-refractivity contribution in [1.29, 1.82) is 0 Å². The molecule has 1 rings (SSSR count). The highest BCUT2D eigenvalue weighted by Crippen LogP contribution is 2.15. The largest absolute Gasteiger partial charge is 0.476 e. The summed E-state index contributed by atoms with van der Waals surface area (Å²) in [4.78, 5) is 7.81. The maximum Gasteiger partial charge on any atom is 0.232 e. The summed E-state index contributed by atoms with van der Waals surface area (Å²) in [7, 11) is 0. The monoisotopic (exact) mass is 182 g/mol. The first-order valence-corrected chi connectivity index (χ1v) is 4.14. The maximum atomic E-state index is 8.96. The number of ether oxygens (including phenoxy) is 1. The molecule has 0 saturated heterocycles. The van der Waals surface area contributed by atoms with Gasteiger partial charge < -0.3 is 9.84 Å². The topological polar surface area (TPSA) is 55.2 Å². The molecule has 0 atom stereocenters. The van der Waals surface area contributed by atoms with Gasteiger partial charge in [-0.1, -0.05) is 13.8 Å². The van der Waals surface area contributed by atoms with E-state index < -0.39 is 0 Å². The maximum absolute atomic E-state index is 8.96. The van der Waals surface area contributed by atoms with E-state index in [1.165, 1.54) is 0 Å². The molecule has 0 saturated carbocycles. The first-order chi connectivity index (χ1) is 6.14.